The van der Waals surface area contributed by atoms with Crippen LogP contribution >= 0.6 is 0 Å². The van der Waals surface area contributed by atoms with Gasteiger partial charge in [-0.1, -0.05) is 0 Å². The Bertz CT molecular complexity index is 170. The zero-order valence-corrected chi connectivity index (χ0v) is 6.47. The van der Waals surface area contributed by atoms with Gasteiger partial charge >= 0.3 is 5.97 Å². The number of hydrogen-bond acceptors (Lipinski definition) is 3. The zero-order chi connectivity index (χ0) is 7.73. The second-order valence-electron chi connectivity index (χ2n) is 3.19. The third-order valence-corrected chi connectivity index (χ3v) is 2.34. The lowest BCUT2D eigenvalue weighted by molar-refractivity contribution is -0.249. The Balaban J connectivity index is 2.05. The zero-order valence-electron chi connectivity index (χ0n) is 6.47. The van der Waals surface area contributed by atoms with Crippen LogP contribution in [-0.2, 0) is 14.3 Å². The van der Waals surface area contributed by atoms with Crippen LogP contribution in [0.3, 0.4) is 0 Å². The highest BCUT2D eigenvalue weighted by Crippen LogP contribution is 2.36. The lowest BCUT2D eigenvalue weighted by Crippen LogP contribution is -2.40. The van der Waals surface area contributed by atoms with E-state index in [0.29, 0.717) is 13.0 Å². The Hall–Kier alpha value is -0.570. The van der Waals surface area contributed by atoms with Crippen LogP contribution in [-0.4, -0.2) is 18.4 Å². The topological polar surface area (TPSA) is 35.5 Å². The molecule has 3 nitrogen and oxygen atoms in total. The summed E-state index contributed by atoms with van der Waals surface area (Å²) in [6.45, 7) is 0.541. The van der Waals surface area contributed by atoms with Crippen molar-refractivity contribution in [1.29, 1.82) is 0 Å². The molecular weight excluding hydrogens is 144 g/mol. The highest BCUT2D eigenvalue weighted by atomic mass is 16.7. The molecule has 1 saturated carbocycles. The molecule has 0 aromatic rings. The molecule has 1 heterocycles. The minimum absolute atomic E-state index is 0.0989. The number of ether oxygens (including phenoxy) is 2. The SMILES string of the molecule is O=C1CCOC2(CCCC2)O1. The summed E-state index contributed by atoms with van der Waals surface area (Å²) >= 11 is 0. The van der Waals surface area contributed by atoms with Crippen molar-refractivity contribution in [2.24, 2.45) is 0 Å². The second-order valence-corrected chi connectivity index (χ2v) is 3.19. The van der Waals surface area contributed by atoms with E-state index in [2.05, 4.69) is 0 Å². The summed E-state index contributed by atoms with van der Waals surface area (Å²) in [6.07, 6.45) is 4.43. The van der Waals surface area contributed by atoms with Gasteiger partial charge < -0.3 is 9.47 Å². The van der Waals surface area contributed by atoms with Gasteiger partial charge in [-0.15, -0.1) is 0 Å². The predicted octanol–water partition coefficient (Wildman–Crippen LogP) is 1.22. The molecule has 0 radical (unpaired) electrons. The maximum absolute atomic E-state index is 10.9. The summed E-state index contributed by atoms with van der Waals surface area (Å²) in [5, 5.41) is 0. The number of hydrogen-bond donors (Lipinski definition) is 0. The molecule has 62 valence electrons. The summed E-state index contributed by atoms with van der Waals surface area (Å²) in [4.78, 5) is 10.9. The average molecular weight is 156 g/mol. The molecule has 0 aromatic heterocycles. The first-order chi connectivity index (χ1) is 5.31. The van der Waals surface area contributed by atoms with Gasteiger partial charge in [0.05, 0.1) is 13.0 Å². The van der Waals surface area contributed by atoms with E-state index < -0.39 is 5.79 Å². The van der Waals surface area contributed by atoms with Crippen molar-refractivity contribution in [2.45, 2.75) is 37.9 Å². The van der Waals surface area contributed by atoms with Gasteiger partial charge in [0.15, 0.2) is 0 Å². The summed E-state index contributed by atoms with van der Waals surface area (Å²) in [5.41, 5.74) is 0. The Morgan fingerprint density at radius 3 is 2.64 bits per heavy atom. The number of carbonyl (C=O) groups excluding carboxylic acids is 1. The summed E-state index contributed by atoms with van der Waals surface area (Å²) in [5.74, 6) is -0.604. The molecule has 1 saturated heterocycles. The molecular formula is C8H12O3. The van der Waals surface area contributed by atoms with Gasteiger partial charge in [-0.2, -0.15) is 0 Å². The summed E-state index contributed by atoms with van der Waals surface area (Å²) in [7, 11) is 0. The van der Waals surface area contributed by atoms with Crippen molar-refractivity contribution in [3.8, 4) is 0 Å². The van der Waals surface area contributed by atoms with Crippen LogP contribution in [0.4, 0.5) is 0 Å². The van der Waals surface area contributed by atoms with E-state index in [1.165, 1.54) is 0 Å². The second kappa shape index (κ2) is 2.48. The largest absolute Gasteiger partial charge is 0.433 e. The highest BCUT2D eigenvalue weighted by Gasteiger charge is 2.41. The molecule has 2 rings (SSSR count). The lowest BCUT2D eigenvalue weighted by Gasteiger charge is -2.32. The maximum Gasteiger partial charge on any atom is 0.310 e. The molecule has 0 unspecified atom stereocenters. The third kappa shape index (κ3) is 1.25. The van der Waals surface area contributed by atoms with Crippen molar-refractivity contribution < 1.29 is 14.3 Å². The number of carbonyl (C=O) groups is 1. The van der Waals surface area contributed by atoms with Crippen LogP contribution in [0.25, 0.3) is 0 Å². The van der Waals surface area contributed by atoms with Gasteiger partial charge in [-0.05, 0) is 12.8 Å². The number of esters is 1. The fraction of sp³-hybridized carbons (Fsp3) is 0.875. The first-order valence-corrected chi connectivity index (χ1v) is 4.17. The summed E-state index contributed by atoms with van der Waals surface area (Å²) < 4.78 is 10.6. The van der Waals surface area contributed by atoms with E-state index in [9.17, 15) is 4.79 Å². The highest BCUT2D eigenvalue weighted by molar-refractivity contribution is 5.70. The van der Waals surface area contributed by atoms with E-state index in [-0.39, 0.29) is 5.97 Å². The van der Waals surface area contributed by atoms with Crippen LogP contribution in [0, 0.1) is 0 Å². The van der Waals surface area contributed by atoms with Gasteiger partial charge in [0.25, 0.3) is 0 Å². The van der Waals surface area contributed by atoms with E-state index >= 15 is 0 Å². The van der Waals surface area contributed by atoms with E-state index in [1.54, 1.807) is 0 Å². The lowest BCUT2D eigenvalue weighted by atomic mass is 10.2. The van der Waals surface area contributed by atoms with Gasteiger partial charge in [0.1, 0.15) is 0 Å². The minimum Gasteiger partial charge on any atom is -0.433 e. The summed E-state index contributed by atoms with van der Waals surface area (Å²) in [6, 6.07) is 0. The Labute approximate surface area is 65.7 Å². The van der Waals surface area contributed by atoms with E-state index in [0.717, 1.165) is 25.7 Å². The van der Waals surface area contributed by atoms with Crippen molar-refractivity contribution in [1.82, 2.24) is 0 Å². The monoisotopic (exact) mass is 156 g/mol. The molecule has 1 aliphatic heterocycles. The van der Waals surface area contributed by atoms with Crippen LogP contribution in [0.2, 0.25) is 0 Å². The first kappa shape index (κ1) is 7.10. The Morgan fingerprint density at radius 2 is 2.00 bits per heavy atom. The van der Waals surface area contributed by atoms with Crippen LogP contribution in [0.15, 0.2) is 0 Å². The molecule has 0 atom stereocenters. The normalized spacial score (nSPS) is 28.9. The molecule has 2 aliphatic rings. The smallest absolute Gasteiger partial charge is 0.310 e. The van der Waals surface area contributed by atoms with Crippen LogP contribution in [0.5, 0.6) is 0 Å². The molecule has 1 spiro atoms. The standard InChI is InChI=1S/C8H12O3/c9-7-3-6-10-8(11-7)4-1-2-5-8/h1-6H2. The molecule has 3 heteroatoms. The Kier molecular flexibility index (Phi) is 1.60. The fourth-order valence-corrected chi connectivity index (χ4v) is 1.77. The van der Waals surface area contributed by atoms with Crippen molar-refractivity contribution in [3.05, 3.63) is 0 Å². The van der Waals surface area contributed by atoms with E-state index in [1.807, 2.05) is 0 Å². The average Bonchev–Trinajstić information content (AvgIpc) is 2.37. The minimum atomic E-state index is -0.505. The first-order valence-electron chi connectivity index (χ1n) is 4.17. The van der Waals surface area contributed by atoms with Crippen LogP contribution < -0.4 is 0 Å². The van der Waals surface area contributed by atoms with Crippen LogP contribution in [0.1, 0.15) is 32.1 Å². The van der Waals surface area contributed by atoms with Crippen molar-refractivity contribution in [2.75, 3.05) is 6.61 Å². The maximum atomic E-state index is 10.9. The van der Waals surface area contributed by atoms with Gasteiger partial charge in [0.2, 0.25) is 5.79 Å². The molecule has 2 fully saturated rings. The van der Waals surface area contributed by atoms with Crippen molar-refractivity contribution in [3.63, 3.8) is 0 Å². The molecule has 0 amide bonds. The predicted molar refractivity (Wildman–Crippen MR) is 37.9 cm³/mol. The van der Waals surface area contributed by atoms with Gasteiger partial charge in [0, 0.05) is 12.8 Å². The molecule has 11 heavy (non-hydrogen) atoms. The van der Waals surface area contributed by atoms with Gasteiger partial charge in [-0.3, -0.25) is 4.79 Å². The molecule has 1 aliphatic carbocycles. The Morgan fingerprint density at radius 1 is 1.27 bits per heavy atom. The molecule has 0 bridgehead atoms. The molecule has 0 aromatic carbocycles. The molecule has 0 N–H and O–H groups in total. The fourth-order valence-electron chi connectivity index (χ4n) is 1.77. The number of rotatable bonds is 0. The quantitative estimate of drug-likeness (QED) is 0.495. The third-order valence-electron chi connectivity index (χ3n) is 2.34. The van der Waals surface area contributed by atoms with E-state index in [4.69, 9.17) is 9.47 Å². The van der Waals surface area contributed by atoms with Crippen molar-refractivity contribution >= 4 is 5.97 Å². The van der Waals surface area contributed by atoms with Gasteiger partial charge in [-0.25, -0.2) is 0 Å².